The van der Waals surface area contributed by atoms with Gasteiger partial charge in [-0.15, -0.1) is 0 Å². The first-order chi connectivity index (χ1) is 9.88. The van der Waals surface area contributed by atoms with Crippen molar-refractivity contribution in [2.75, 3.05) is 0 Å². The molecule has 98 valence electrons. The predicted molar refractivity (Wildman–Crippen MR) is 82.9 cm³/mol. The van der Waals surface area contributed by atoms with Crippen molar-refractivity contribution in [2.45, 2.75) is 19.8 Å². The van der Waals surface area contributed by atoms with Crippen LogP contribution in [0, 0.1) is 0 Å². The van der Waals surface area contributed by atoms with E-state index in [1.807, 2.05) is 18.3 Å². The van der Waals surface area contributed by atoms with Crippen molar-refractivity contribution in [2.24, 2.45) is 0 Å². The Morgan fingerprint density at radius 2 is 2.00 bits per heavy atom. The molecule has 0 aliphatic rings. The maximum atomic E-state index is 4.74. The van der Waals surface area contributed by atoms with E-state index in [2.05, 4.69) is 41.2 Å². The number of fused-ring (bicyclic) bond motifs is 4. The Kier molecular flexibility index (Phi) is 2.46. The Morgan fingerprint density at radius 3 is 2.90 bits per heavy atom. The average Bonchev–Trinajstić information content (AvgIpc) is 2.85. The molecule has 3 aromatic heterocycles. The summed E-state index contributed by atoms with van der Waals surface area (Å²) in [6.45, 7) is 2.20. The Morgan fingerprint density at radius 1 is 1.10 bits per heavy atom. The number of nitrogens with zero attached hydrogens (tertiary/aromatic N) is 2. The van der Waals surface area contributed by atoms with Crippen LogP contribution in [0.5, 0.6) is 0 Å². The van der Waals surface area contributed by atoms with Crippen LogP contribution in [0.25, 0.3) is 33.0 Å². The van der Waals surface area contributed by atoms with Gasteiger partial charge in [-0.2, -0.15) is 0 Å². The summed E-state index contributed by atoms with van der Waals surface area (Å²) in [6.07, 6.45) is 3.97. The van der Waals surface area contributed by atoms with Crippen molar-refractivity contribution in [3.8, 4) is 0 Å². The van der Waals surface area contributed by atoms with Crippen molar-refractivity contribution in [3.63, 3.8) is 0 Å². The number of nitrogens with one attached hydrogen (secondary N) is 1. The lowest BCUT2D eigenvalue weighted by Crippen LogP contribution is -1.93. The monoisotopic (exact) mass is 261 g/mol. The third kappa shape index (κ3) is 1.53. The van der Waals surface area contributed by atoms with Gasteiger partial charge in [-0.05, 0) is 30.2 Å². The molecule has 0 atom stereocenters. The molecule has 3 nitrogen and oxygen atoms in total. The molecule has 1 aromatic carbocycles. The zero-order valence-electron chi connectivity index (χ0n) is 11.4. The summed E-state index contributed by atoms with van der Waals surface area (Å²) in [6, 6.07) is 12.4. The van der Waals surface area contributed by atoms with Gasteiger partial charge in [-0.3, -0.25) is 4.98 Å². The standard InChI is InChI=1S/C17H15N3/c1-2-6-12-15-11-7-3-4-8-13(11)19-17(15)20-14-9-5-10-18-16(12)14/h3-5,7-10H,2,6H2,1H3,(H,19,20). The van der Waals surface area contributed by atoms with Gasteiger partial charge in [0.1, 0.15) is 5.65 Å². The van der Waals surface area contributed by atoms with Crippen molar-refractivity contribution in [3.05, 3.63) is 48.2 Å². The van der Waals surface area contributed by atoms with Gasteiger partial charge in [0.25, 0.3) is 0 Å². The first-order valence-corrected chi connectivity index (χ1v) is 7.02. The fourth-order valence-corrected chi connectivity index (χ4v) is 2.97. The van der Waals surface area contributed by atoms with E-state index in [-0.39, 0.29) is 0 Å². The lowest BCUT2D eigenvalue weighted by molar-refractivity contribution is 0.933. The second-order valence-electron chi connectivity index (χ2n) is 5.11. The highest BCUT2D eigenvalue weighted by Gasteiger charge is 2.13. The highest BCUT2D eigenvalue weighted by Crippen LogP contribution is 2.31. The van der Waals surface area contributed by atoms with E-state index in [0.29, 0.717) is 0 Å². The van der Waals surface area contributed by atoms with Crippen LogP contribution in [-0.4, -0.2) is 15.0 Å². The average molecular weight is 261 g/mol. The number of rotatable bonds is 2. The molecule has 0 aliphatic heterocycles. The third-order valence-electron chi connectivity index (χ3n) is 3.79. The summed E-state index contributed by atoms with van der Waals surface area (Å²) in [7, 11) is 0. The number of hydrogen-bond donors (Lipinski definition) is 1. The summed E-state index contributed by atoms with van der Waals surface area (Å²) in [4.78, 5) is 12.7. The summed E-state index contributed by atoms with van der Waals surface area (Å²) in [5.74, 6) is 0. The molecular weight excluding hydrogens is 246 g/mol. The molecule has 0 saturated heterocycles. The predicted octanol–water partition coefficient (Wildman–Crippen LogP) is 4.22. The molecule has 4 aromatic rings. The minimum absolute atomic E-state index is 0.968. The van der Waals surface area contributed by atoms with E-state index in [1.54, 1.807) is 0 Å². The van der Waals surface area contributed by atoms with Crippen LogP contribution in [0.4, 0.5) is 0 Å². The van der Waals surface area contributed by atoms with Crippen molar-refractivity contribution >= 4 is 33.0 Å². The molecule has 0 saturated carbocycles. The molecule has 0 bridgehead atoms. The van der Waals surface area contributed by atoms with E-state index < -0.39 is 0 Å². The SMILES string of the molecule is CCCc1c2ncccc2nc2[nH]c3ccccc3c12. The van der Waals surface area contributed by atoms with Crippen LogP contribution in [-0.2, 0) is 6.42 Å². The van der Waals surface area contributed by atoms with Crippen molar-refractivity contribution < 1.29 is 0 Å². The fourth-order valence-electron chi connectivity index (χ4n) is 2.97. The van der Waals surface area contributed by atoms with Gasteiger partial charge in [-0.1, -0.05) is 31.5 Å². The molecule has 3 heterocycles. The molecule has 3 heteroatoms. The zero-order valence-corrected chi connectivity index (χ0v) is 11.4. The van der Waals surface area contributed by atoms with Gasteiger partial charge in [-0.25, -0.2) is 4.98 Å². The smallest absolute Gasteiger partial charge is 0.139 e. The van der Waals surface area contributed by atoms with E-state index in [1.165, 1.54) is 16.3 Å². The number of pyridine rings is 2. The summed E-state index contributed by atoms with van der Waals surface area (Å²) >= 11 is 0. The Labute approximate surface area is 116 Å². The van der Waals surface area contributed by atoms with Gasteiger partial charge in [0, 0.05) is 22.5 Å². The van der Waals surface area contributed by atoms with Crippen molar-refractivity contribution in [1.29, 1.82) is 0 Å². The second-order valence-corrected chi connectivity index (χ2v) is 5.11. The molecule has 0 spiro atoms. The molecule has 4 rings (SSSR count). The van der Waals surface area contributed by atoms with Gasteiger partial charge >= 0.3 is 0 Å². The van der Waals surface area contributed by atoms with Crippen LogP contribution in [0.1, 0.15) is 18.9 Å². The molecule has 0 radical (unpaired) electrons. The lowest BCUT2D eigenvalue weighted by atomic mass is 10.0. The van der Waals surface area contributed by atoms with E-state index in [0.717, 1.165) is 35.0 Å². The number of H-pyrrole nitrogens is 1. The van der Waals surface area contributed by atoms with E-state index in [4.69, 9.17) is 4.98 Å². The molecular formula is C17H15N3. The molecule has 0 fully saturated rings. The van der Waals surface area contributed by atoms with E-state index in [9.17, 15) is 0 Å². The Bertz CT molecular complexity index is 921. The van der Waals surface area contributed by atoms with Crippen LogP contribution < -0.4 is 0 Å². The maximum Gasteiger partial charge on any atom is 0.139 e. The van der Waals surface area contributed by atoms with Gasteiger partial charge < -0.3 is 4.98 Å². The molecule has 0 aliphatic carbocycles. The number of aryl methyl sites for hydroxylation is 1. The Balaban J connectivity index is 2.26. The highest BCUT2D eigenvalue weighted by molar-refractivity contribution is 6.11. The number of benzene rings is 1. The second kappa shape index (κ2) is 4.30. The van der Waals surface area contributed by atoms with Crippen LogP contribution in [0.3, 0.4) is 0 Å². The third-order valence-corrected chi connectivity index (χ3v) is 3.79. The van der Waals surface area contributed by atoms with Crippen molar-refractivity contribution in [1.82, 2.24) is 15.0 Å². The lowest BCUT2D eigenvalue weighted by Gasteiger charge is -2.06. The van der Waals surface area contributed by atoms with Gasteiger partial charge in [0.05, 0.1) is 11.0 Å². The quantitative estimate of drug-likeness (QED) is 0.587. The summed E-state index contributed by atoms with van der Waals surface area (Å²) in [5, 5.41) is 2.47. The number of para-hydroxylation sites is 1. The molecule has 1 N–H and O–H groups in total. The van der Waals surface area contributed by atoms with Gasteiger partial charge in [0.2, 0.25) is 0 Å². The molecule has 0 unspecified atom stereocenters. The highest BCUT2D eigenvalue weighted by atomic mass is 14.9. The topological polar surface area (TPSA) is 41.6 Å². The number of hydrogen-bond acceptors (Lipinski definition) is 2. The fraction of sp³-hybridized carbons (Fsp3) is 0.176. The normalized spacial score (nSPS) is 11.7. The van der Waals surface area contributed by atoms with Crippen LogP contribution >= 0.6 is 0 Å². The maximum absolute atomic E-state index is 4.74. The van der Waals surface area contributed by atoms with Gasteiger partial charge in [0.15, 0.2) is 0 Å². The van der Waals surface area contributed by atoms with Crippen LogP contribution in [0.15, 0.2) is 42.6 Å². The molecule has 0 amide bonds. The first-order valence-electron chi connectivity index (χ1n) is 7.02. The number of aromatic nitrogens is 3. The molecule has 20 heavy (non-hydrogen) atoms. The minimum Gasteiger partial charge on any atom is -0.339 e. The number of aromatic amines is 1. The summed E-state index contributed by atoms with van der Waals surface area (Å²) < 4.78 is 0. The first kappa shape index (κ1) is 11.4. The summed E-state index contributed by atoms with van der Waals surface area (Å²) in [5.41, 5.74) is 5.42. The Hall–Kier alpha value is -2.42. The van der Waals surface area contributed by atoms with Crippen LogP contribution in [0.2, 0.25) is 0 Å². The zero-order chi connectivity index (χ0) is 13.5. The largest absolute Gasteiger partial charge is 0.339 e. The van der Waals surface area contributed by atoms with E-state index >= 15 is 0 Å². The minimum atomic E-state index is 0.968.